The molecule has 0 fully saturated rings. The Morgan fingerprint density at radius 3 is 2.24 bits per heavy atom. The standard InChI is InChI=1S/C15H9ClF6N2S/c1-23-12-4-2-9(6-11(12)15(20,21)22)24(8-14(17,18)19)7-10-3-5-13(16)25-10/h2-6H,7-8H2. The van der Waals surface area contributed by atoms with Crippen LogP contribution in [-0.4, -0.2) is 12.7 Å². The van der Waals surface area contributed by atoms with E-state index in [1.165, 1.54) is 12.1 Å². The molecule has 0 spiro atoms. The van der Waals surface area contributed by atoms with Gasteiger partial charge in [0.1, 0.15) is 6.54 Å². The van der Waals surface area contributed by atoms with Crippen LogP contribution in [0.25, 0.3) is 4.85 Å². The van der Waals surface area contributed by atoms with E-state index in [0.717, 1.165) is 28.4 Å². The van der Waals surface area contributed by atoms with E-state index in [2.05, 4.69) is 4.85 Å². The molecule has 2 nitrogen and oxygen atoms in total. The minimum Gasteiger partial charge on any atom is -0.357 e. The van der Waals surface area contributed by atoms with Gasteiger partial charge in [0.05, 0.1) is 23.0 Å². The van der Waals surface area contributed by atoms with Crippen LogP contribution in [0.5, 0.6) is 0 Å². The van der Waals surface area contributed by atoms with Crippen molar-refractivity contribution >= 4 is 34.3 Å². The fraction of sp³-hybridized carbons (Fsp3) is 0.267. The quantitative estimate of drug-likeness (QED) is 0.419. The van der Waals surface area contributed by atoms with Crippen LogP contribution >= 0.6 is 22.9 Å². The molecule has 0 N–H and O–H groups in total. The number of hydrogen-bond donors (Lipinski definition) is 0. The third-order valence-electron chi connectivity index (χ3n) is 3.12. The van der Waals surface area contributed by atoms with Gasteiger partial charge in [0.15, 0.2) is 5.69 Å². The Morgan fingerprint density at radius 2 is 1.76 bits per heavy atom. The molecule has 2 rings (SSSR count). The summed E-state index contributed by atoms with van der Waals surface area (Å²) in [7, 11) is 0. The second-order valence-corrected chi connectivity index (χ2v) is 6.79. The van der Waals surface area contributed by atoms with E-state index in [1.807, 2.05) is 0 Å². The van der Waals surface area contributed by atoms with E-state index >= 15 is 0 Å². The van der Waals surface area contributed by atoms with E-state index in [1.54, 1.807) is 0 Å². The first kappa shape index (κ1) is 19.4. The molecule has 134 valence electrons. The van der Waals surface area contributed by atoms with E-state index < -0.39 is 30.1 Å². The highest BCUT2D eigenvalue weighted by molar-refractivity contribution is 7.16. The molecule has 0 bridgehead atoms. The molecule has 1 heterocycles. The Balaban J connectivity index is 2.44. The lowest BCUT2D eigenvalue weighted by Crippen LogP contribution is -2.33. The zero-order chi connectivity index (χ0) is 18.8. The fourth-order valence-electron chi connectivity index (χ4n) is 2.12. The molecule has 0 radical (unpaired) electrons. The first-order chi connectivity index (χ1) is 11.5. The number of alkyl halides is 6. The predicted octanol–water partition coefficient (Wildman–Crippen LogP) is 6.54. The molecule has 0 aliphatic rings. The van der Waals surface area contributed by atoms with E-state index in [-0.39, 0.29) is 12.2 Å². The number of benzene rings is 1. The van der Waals surface area contributed by atoms with Crippen LogP contribution in [0.15, 0.2) is 30.3 Å². The van der Waals surface area contributed by atoms with Crippen molar-refractivity contribution in [1.82, 2.24) is 0 Å². The van der Waals surface area contributed by atoms with Gasteiger partial charge in [-0.3, -0.25) is 0 Å². The van der Waals surface area contributed by atoms with E-state index in [9.17, 15) is 26.3 Å². The number of rotatable bonds is 4. The Labute approximate surface area is 148 Å². The highest BCUT2D eigenvalue weighted by atomic mass is 35.5. The molecule has 0 aliphatic carbocycles. The largest absolute Gasteiger partial charge is 0.407 e. The molecule has 0 saturated carbocycles. The second-order valence-electron chi connectivity index (χ2n) is 4.99. The minimum absolute atomic E-state index is 0.258. The van der Waals surface area contributed by atoms with Crippen molar-refractivity contribution < 1.29 is 26.3 Å². The summed E-state index contributed by atoms with van der Waals surface area (Å²) in [4.78, 5) is 4.01. The van der Waals surface area contributed by atoms with Crippen LogP contribution in [-0.2, 0) is 12.7 Å². The van der Waals surface area contributed by atoms with Crippen molar-refractivity contribution in [2.75, 3.05) is 11.4 Å². The summed E-state index contributed by atoms with van der Waals surface area (Å²) in [6, 6.07) is 5.51. The Hall–Kier alpha value is -1.92. The second kappa shape index (κ2) is 7.14. The highest BCUT2D eigenvalue weighted by Gasteiger charge is 2.35. The molecule has 1 aromatic heterocycles. The van der Waals surface area contributed by atoms with Crippen LogP contribution in [0, 0.1) is 6.57 Å². The number of anilines is 1. The van der Waals surface area contributed by atoms with Crippen LogP contribution in [0.3, 0.4) is 0 Å². The van der Waals surface area contributed by atoms with Gasteiger partial charge in [0, 0.05) is 10.6 Å². The highest BCUT2D eigenvalue weighted by Crippen LogP contribution is 2.39. The Kier molecular flexibility index (Phi) is 5.54. The van der Waals surface area contributed by atoms with Gasteiger partial charge < -0.3 is 4.90 Å². The van der Waals surface area contributed by atoms with Crippen molar-refractivity contribution in [2.24, 2.45) is 0 Å². The van der Waals surface area contributed by atoms with Gasteiger partial charge in [-0.25, -0.2) is 4.85 Å². The Morgan fingerprint density at radius 1 is 1.08 bits per heavy atom. The summed E-state index contributed by atoms with van der Waals surface area (Å²) in [5.74, 6) is 0. The van der Waals surface area contributed by atoms with Crippen molar-refractivity contribution in [3.63, 3.8) is 0 Å². The number of halogens is 7. The maximum absolute atomic E-state index is 13.0. The first-order valence-corrected chi connectivity index (χ1v) is 7.83. The van der Waals surface area contributed by atoms with E-state index in [4.69, 9.17) is 18.2 Å². The lowest BCUT2D eigenvalue weighted by molar-refractivity contribution is -0.136. The van der Waals surface area contributed by atoms with Gasteiger partial charge in [-0.1, -0.05) is 17.7 Å². The maximum Gasteiger partial charge on any atom is 0.407 e. The summed E-state index contributed by atoms with van der Waals surface area (Å²) < 4.78 is 78.0. The molecule has 0 atom stereocenters. The number of thiophene rings is 1. The molecule has 0 amide bonds. The average molecular weight is 399 g/mol. The molecule has 1 aromatic carbocycles. The number of hydrogen-bond acceptors (Lipinski definition) is 2. The number of nitrogens with zero attached hydrogens (tertiary/aromatic N) is 2. The fourth-order valence-corrected chi connectivity index (χ4v) is 3.23. The minimum atomic E-state index is -4.84. The molecule has 0 saturated heterocycles. The van der Waals surface area contributed by atoms with E-state index in [0.29, 0.717) is 15.3 Å². The maximum atomic E-state index is 13.0. The molecule has 10 heteroatoms. The average Bonchev–Trinajstić information content (AvgIpc) is 2.89. The van der Waals surface area contributed by atoms with Crippen molar-refractivity contribution in [3.8, 4) is 0 Å². The SMILES string of the molecule is [C-]#[N+]c1ccc(N(Cc2ccc(Cl)s2)CC(F)(F)F)cc1C(F)(F)F. The predicted molar refractivity (Wildman–Crippen MR) is 84.1 cm³/mol. The zero-order valence-electron chi connectivity index (χ0n) is 12.2. The normalized spacial score (nSPS) is 12.1. The monoisotopic (exact) mass is 398 g/mol. The van der Waals surface area contributed by atoms with Crippen molar-refractivity contribution in [3.05, 3.63) is 56.5 Å². The van der Waals surface area contributed by atoms with Gasteiger partial charge in [0.2, 0.25) is 0 Å². The van der Waals surface area contributed by atoms with Gasteiger partial charge in [-0.2, -0.15) is 26.3 Å². The molecule has 25 heavy (non-hydrogen) atoms. The summed E-state index contributed by atoms with van der Waals surface area (Å²) in [5.41, 5.74) is -2.21. The van der Waals surface area contributed by atoms with Gasteiger partial charge >= 0.3 is 12.4 Å². The van der Waals surface area contributed by atoms with Crippen LogP contribution in [0.2, 0.25) is 4.34 Å². The van der Waals surface area contributed by atoms with Crippen LogP contribution in [0.1, 0.15) is 10.4 Å². The molecule has 0 aliphatic heterocycles. The molecular weight excluding hydrogens is 390 g/mol. The Bertz CT molecular complexity index is 791. The first-order valence-electron chi connectivity index (χ1n) is 6.64. The lowest BCUT2D eigenvalue weighted by atomic mass is 10.1. The van der Waals surface area contributed by atoms with Gasteiger partial charge in [-0.05, 0) is 24.3 Å². The van der Waals surface area contributed by atoms with Gasteiger partial charge in [0.25, 0.3) is 0 Å². The van der Waals surface area contributed by atoms with Crippen molar-refractivity contribution in [1.29, 1.82) is 0 Å². The zero-order valence-corrected chi connectivity index (χ0v) is 13.8. The molecular formula is C15H9ClF6N2S. The van der Waals surface area contributed by atoms with Crippen LogP contribution < -0.4 is 4.90 Å². The summed E-state index contributed by atoms with van der Waals surface area (Å²) in [6.07, 6.45) is -9.45. The topological polar surface area (TPSA) is 7.60 Å². The van der Waals surface area contributed by atoms with Crippen molar-refractivity contribution in [2.45, 2.75) is 18.9 Å². The summed E-state index contributed by atoms with van der Waals surface area (Å²) in [5, 5.41) is 0. The summed E-state index contributed by atoms with van der Waals surface area (Å²) >= 11 is 6.78. The third kappa shape index (κ3) is 5.28. The lowest BCUT2D eigenvalue weighted by Gasteiger charge is -2.26. The third-order valence-corrected chi connectivity index (χ3v) is 4.33. The molecule has 2 aromatic rings. The van der Waals surface area contributed by atoms with Gasteiger partial charge in [-0.15, -0.1) is 11.3 Å². The smallest absolute Gasteiger partial charge is 0.357 e. The van der Waals surface area contributed by atoms with Crippen LogP contribution in [0.4, 0.5) is 37.7 Å². The molecule has 0 unspecified atom stereocenters. The summed E-state index contributed by atoms with van der Waals surface area (Å²) in [6.45, 7) is 5.10.